The van der Waals surface area contributed by atoms with Gasteiger partial charge in [0.2, 0.25) is 0 Å². The van der Waals surface area contributed by atoms with Gasteiger partial charge in [-0.15, -0.1) is 0 Å². The molecule has 2 aromatic rings. The average Bonchev–Trinajstić information content (AvgIpc) is 3.03. The van der Waals surface area contributed by atoms with Crippen LogP contribution in [0.1, 0.15) is 89.7 Å². The molecule has 0 amide bonds. The van der Waals surface area contributed by atoms with Crippen LogP contribution < -0.4 is 4.90 Å². The van der Waals surface area contributed by atoms with Gasteiger partial charge in [-0.3, -0.25) is 19.3 Å². The van der Waals surface area contributed by atoms with Gasteiger partial charge in [-0.2, -0.15) is 0 Å². The van der Waals surface area contributed by atoms with Gasteiger partial charge in [0.05, 0.1) is 19.1 Å². The lowest BCUT2D eigenvalue weighted by molar-refractivity contribution is -0.129. The van der Waals surface area contributed by atoms with Crippen molar-refractivity contribution in [1.29, 1.82) is 0 Å². The molecule has 7 nitrogen and oxygen atoms in total. The molecule has 0 aliphatic carbocycles. The summed E-state index contributed by atoms with van der Waals surface area (Å²) in [5.41, 5.74) is 3.93. The van der Waals surface area contributed by atoms with Crippen LogP contribution in [0.3, 0.4) is 0 Å². The number of carbonyl (C=O) groups excluding carboxylic acids is 3. The Labute approximate surface area is 253 Å². The number of piperidine rings is 1. The first-order valence-electron chi connectivity index (χ1n) is 15.1. The molecular formula is C35H52N2O5. The fraction of sp³-hybridized carbons (Fsp3) is 0.514. The molecular weight excluding hydrogens is 528 g/mol. The molecule has 0 aromatic heterocycles. The maximum absolute atomic E-state index is 11.3. The molecule has 2 N–H and O–H groups in total. The summed E-state index contributed by atoms with van der Waals surface area (Å²) in [7, 11) is 0. The molecule has 0 saturated carbocycles. The minimum Gasteiger partial charge on any atom is -0.412 e. The summed E-state index contributed by atoms with van der Waals surface area (Å²) < 4.78 is 5.48. The summed E-state index contributed by atoms with van der Waals surface area (Å²) >= 11 is 0. The van der Waals surface area contributed by atoms with Crippen LogP contribution in [0.15, 0.2) is 48.5 Å². The van der Waals surface area contributed by atoms with E-state index in [2.05, 4.69) is 45.9 Å². The van der Waals surface area contributed by atoms with Crippen molar-refractivity contribution in [3.8, 4) is 11.8 Å². The number of hydrogen-bond donors (Lipinski definition) is 0. The lowest BCUT2D eigenvalue weighted by atomic mass is 10.0. The van der Waals surface area contributed by atoms with Crippen molar-refractivity contribution in [3.05, 3.63) is 65.2 Å². The topological polar surface area (TPSA) is 98.4 Å². The number of carbonyl (C=O) groups is 3. The van der Waals surface area contributed by atoms with E-state index in [-0.39, 0.29) is 22.8 Å². The molecule has 2 saturated heterocycles. The van der Waals surface area contributed by atoms with E-state index in [1.807, 2.05) is 52.0 Å². The normalized spacial score (nSPS) is 14.6. The van der Waals surface area contributed by atoms with Gasteiger partial charge >= 0.3 is 0 Å². The van der Waals surface area contributed by atoms with E-state index in [1.54, 1.807) is 13.8 Å². The lowest BCUT2D eigenvalue weighted by Gasteiger charge is -2.40. The molecule has 0 radical (unpaired) electrons. The van der Waals surface area contributed by atoms with E-state index >= 15 is 0 Å². The number of morpholine rings is 1. The second-order valence-electron chi connectivity index (χ2n) is 9.74. The maximum Gasteiger partial charge on any atom is 0.159 e. The lowest BCUT2D eigenvalue weighted by Crippen LogP contribution is -2.49. The van der Waals surface area contributed by atoms with E-state index < -0.39 is 5.92 Å². The summed E-state index contributed by atoms with van der Waals surface area (Å²) in [6.07, 6.45) is 2.44. The van der Waals surface area contributed by atoms with E-state index in [4.69, 9.17) is 4.74 Å². The molecule has 7 heteroatoms. The van der Waals surface area contributed by atoms with Gasteiger partial charge in [-0.1, -0.05) is 51.7 Å². The Morgan fingerprint density at radius 2 is 1.17 bits per heavy atom. The van der Waals surface area contributed by atoms with E-state index in [9.17, 15) is 14.4 Å². The summed E-state index contributed by atoms with van der Waals surface area (Å²) in [6, 6.07) is 16.7. The van der Waals surface area contributed by atoms with Crippen LogP contribution in [-0.2, 0) is 14.3 Å². The number of ketones is 3. The SMILES string of the molecule is CC.CC.CC(=O)C(C)C(C)=O.CC(=O)c1ccc(C#Cc2ccc(N3CCC(N4CCOCC4)CC3)cc2)cc1.O. The number of anilines is 1. The van der Waals surface area contributed by atoms with E-state index in [0.717, 1.165) is 56.1 Å². The molecule has 2 fully saturated rings. The second-order valence-corrected chi connectivity index (χ2v) is 9.74. The van der Waals surface area contributed by atoms with Gasteiger partial charge in [0.25, 0.3) is 0 Å². The molecule has 0 unspecified atom stereocenters. The Hall–Kier alpha value is -3.31. The molecule has 0 atom stereocenters. The van der Waals surface area contributed by atoms with Crippen LogP contribution in [0, 0.1) is 17.8 Å². The fourth-order valence-electron chi connectivity index (χ4n) is 4.41. The molecule has 232 valence electrons. The summed E-state index contributed by atoms with van der Waals surface area (Å²) in [4.78, 5) is 37.2. The minimum atomic E-state index is -0.407. The highest BCUT2D eigenvalue weighted by atomic mass is 16.5. The molecule has 2 heterocycles. The predicted molar refractivity (Wildman–Crippen MR) is 173 cm³/mol. The minimum absolute atomic E-state index is 0. The van der Waals surface area contributed by atoms with Crippen LogP contribution in [-0.4, -0.2) is 73.2 Å². The van der Waals surface area contributed by atoms with Crippen molar-refractivity contribution in [1.82, 2.24) is 4.90 Å². The fourth-order valence-corrected chi connectivity index (χ4v) is 4.41. The van der Waals surface area contributed by atoms with Crippen LogP contribution in [0.4, 0.5) is 5.69 Å². The van der Waals surface area contributed by atoms with Gasteiger partial charge in [0.15, 0.2) is 5.78 Å². The van der Waals surface area contributed by atoms with E-state index in [0.29, 0.717) is 6.04 Å². The zero-order valence-electron chi connectivity index (χ0n) is 27.0. The summed E-state index contributed by atoms with van der Waals surface area (Å²) in [5.74, 6) is 5.95. The Kier molecular flexibility index (Phi) is 19.7. The van der Waals surface area contributed by atoms with Gasteiger partial charge in [-0.05, 0) is 76.9 Å². The van der Waals surface area contributed by atoms with Crippen molar-refractivity contribution < 1.29 is 24.6 Å². The summed E-state index contributed by atoms with van der Waals surface area (Å²) in [5, 5.41) is 0. The molecule has 0 bridgehead atoms. The zero-order chi connectivity index (χ0) is 30.8. The van der Waals surface area contributed by atoms with Gasteiger partial charge in [0, 0.05) is 54.6 Å². The van der Waals surface area contributed by atoms with Crippen LogP contribution in [0.2, 0.25) is 0 Å². The quantitative estimate of drug-likeness (QED) is 0.259. The van der Waals surface area contributed by atoms with Crippen molar-refractivity contribution in [2.75, 3.05) is 44.3 Å². The van der Waals surface area contributed by atoms with Crippen molar-refractivity contribution >= 4 is 23.0 Å². The molecule has 2 aromatic carbocycles. The second kappa shape index (κ2) is 21.4. The third kappa shape index (κ3) is 13.1. The van der Waals surface area contributed by atoms with Crippen LogP contribution in [0.25, 0.3) is 0 Å². The van der Waals surface area contributed by atoms with Crippen molar-refractivity contribution in [2.45, 2.75) is 74.3 Å². The number of Topliss-reactive ketones (excluding diaryl/α,β-unsaturated/α-hetero) is 3. The number of hydrogen-bond acceptors (Lipinski definition) is 6. The van der Waals surface area contributed by atoms with Crippen molar-refractivity contribution in [3.63, 3.8) is 0 Å². The largest absolute Gasteiger partial charge is 0.412 e. The number of benzene rings is 2. The third-order valence-electron chi connectivity index (χ3n) is 7.12. The number of rotatable bonds is 5. The maximum atomic E-state index is 11.3. The first-order valence-corrected chi connectivity index (χ1v) is 15.1. The number of nitrogens with zero attached hydrogens (tertiary/aromatic N) is 2. The summed E-state index contributed by atoms with van der Waals surface area (Å²) in [6.45, 7) is 20.2. The van der Waals surface area contributed by atoms with Gasteiger partial charge < -0.3 is 15.1 Å². The van der Waals surface area contributed by atoms with Crippen LogP contribution >= 0.6 is 0 Å². The Morgan fingerprint density at radius 3 is 1.55 bits per heavy atom. The van der Waals surface area contributed by atoms with E-state index in [1.165, 1.54) is 32.4 Å². The van der Waals surface area contributed by atoms with Gasteiger partial charge in [-0.25, -0.2) is 0 Å². The molecule has 2 aliphatic rings. The zero-order valence-corrected chi connectivity index (χ0v) is 27.0. The first-order chi connectivity index (χ1) is 19.7. The Balaban J connectivity index is 0.00000111. The smallest absolute Gasteiger partial charge is 0.159 e. The molecule has 42 heavy (non-hydrogen) atoms. The molecule has 2 aliphatic heterocycles. The molecule has 4 rings (SSSR count). The molecule has 0 spiro atoms. The van der Waals surface area contributed by atoms with Crippen molar-refractivity contribution in [2.24, 2.45) is 5.92 Å². The average molecular weight is 581 g/mol. The van der Waals surface area contributed by atoms with Gasteiger partial charge in [0.1, 0.15) is 11.6 Å². The highest BCUT2D eigenvalue weighted by Crippen LogP contribution is 2.23. The monoisotopic (exact) mass is 580 g/mol. The number of ether oxygens (including phenoxy) is 1. The highest BCUT2D eigenvalue weighted by molar-refractivity contribution is 5.99. The predicted octanol–water partition coefficient (Wildman–Crippen LogP) is 5.62. The Morgan fingerprint density at radius 1 is 0.738 bits per heavy atom. The van der Waals surface area contributed by atoms with Crippen LogP contribution in [0.5, 0.6) is 0 Å². The standard InChI is InChI=1S/C25H28N2O2.C6H10O2.2C2H6.H2O/c1-20(28)23-8-4-21(5-9-23)2-3-22-6-10-24(11-7-22)26-14-12-25(13-15-26)27-16-18-29-19-17-27;1-4(5(2)7)6(3)8;2*1-2;/h4-11,25H,12-19H2,1H3;4H,1-3H3;2*1-2H3;1H2. The Bertz CT molecular complexity index is 1100. The highest BCUT2D eigenvalue weighted by Gasteiger charge is 2.25. The first kappa shape index (κ1) is 38.7. The third-order valence-corrected chi connectivity index (χ3v) is 7.12.